The van der Waals surface area contributed by atoms with Crippen molar-refractivity contribution >= 4 is 19.0 Å². The molecule has 0 saturated heterocycles. The van der Waals surface area contributed by atoms with Crippen molar-refractivity contribution in [2.24, 2.45) is 0 Å². The van der Waals surface area contributed by atoms with E-state index in [2.05, 4.69) is 48.5 Å². The van der Waals surface area contributed by atoms with Gasteiger partial charge in [-0.15, -0.1) is 11.5 Å². The van der Waals surface area contributed by atoms with Crippen molar-refractivity contribution in [1.29, 1.82) is 0 Å². The van der Waals surface area contributed by atoms with Crippen LogP contribution in [0.15, 0.2) is 30.5 Å². The van der Waals surface area contributed by atoms with Crippen LogP contribution in [-0.4, -0.2) is 17.9 Å². The van der Waals surface area contributed by atoms with Crippen LogP contribution in [0.2, 0.25) is 19.6 Å². The average molecular weight is 242 g/mol. The van der Waals surface area contributed by atoms with Crippen LogP contribution in [0.4, 0.5) is 0 Å². The van der Waals surface area contributed by atoms with Crippen LogP contribution in [-0.2, 0) is 6.54 Å². The predicted octanol–water partition coefficient (Wildman–Crippen LogP) is 3.31. The summed E-state index contributed by atoms with van der Waals surface area (Å²) in [6.45, 7) is 7.68. The second kappa shape index (κ2) is 4.76. The molecule has 1 heterocycles. The fourth-order valence-corrected chi connectivity index (χ4v) is 2.28. The summed E-state index contributed by atoms with van der Waals surface area (Å²) in [5.41, 5.74) is 4.43. The number of aromatic nitrogens is 2. The second-order valence-corrected chi connectivity index (χ2v) is 10.0. The number of hydrogen-bond donors (Lipinski definition) is 0. The molecule has 0 bridgehead atoms. The molecule has 88 valence electrons. The number of nitrogens with zero attached hydrogens (tertiary/aromatic N) is 2. The summed E-state index contributed by atoms with van der Waals surface area (Å²) in [6.07, 6.45) is 2.98. The van der Waals surface area contributed by atoms with Gasteiger partial charge >= 0.3 is 0 Å². The molecule has 3 heteroatoms. The third kappa shape index (κ3) is 3.47. The van der Waals surface area contributed by atoms with Crippen LogP contribution in [0.25, 0.3) is 10.9 Å². The molecule has 0 atom stereocenters. The fourth-order valence-electron chi connectivity index (χ4n) is 1.63. The zero-order valence-corrected chi connectivity index (χ0v) is 11.7. The normalized spacial score (nSPS) is 11.2. The van der Waals surface area contributed by atoms with Crippen molar-refractivity contribution in [1.82, 2.24) is 9.78 Å². The van der Waals surface area contributed by atoms with Gasteiger partial charge in [0, 0.05) is 18.0 Å². The second-order valence-electron chi connectivity index (χ2n) is 5.25. The standard InChI is InChI=1S/C14H18N2Si/c1-17(2,3)11-7-6-10-16-12-13-8-4-5-9-14(13)15-16/h4-5,8-9,12H,6,10H2,1-3H3. The molecule has 0 N–H and O–H groups in total. The van der Waals surface area contributed by atoms with Gasteiger partial charge in [-0.05, 0) is 6.07 Å². The van der Waals surface area contributed by atoms with Crippen LogP contribution in [0.1, 0.15) is 6.42 Å². The molecule has 0 fully saturated rings. The van der Waals surface area contributed by atoms with E-state index < -0.39 is 8.07 Å². The Morgan fingerprint density at radius 3 is 2.71 bits per heavy atom. The first kappa shape index (κ1) is 11.9. The monoisotopic (exact) mass is 242 g/mol. The van der Waals surface area contributed by atoms with Gasteiger partial charge in [0.15, 0.2) is 0 Å². The third-order valence-corrected chi connectivity index (χ3v) is 3.32. The molecule has 2 aromatic rings. The van der Waals surface area contributed by atoms with Gasteiger partial charge in [-0.1, -0.05) is 37.8 Å². The van der Waals surface area contributed by atoms with Gasteiger partial charge in [-0.2, -0.15) is 5.10 Å². The summed E-state index contributed by atoms with van der Waals surface area (Å²) < 4.78 is 1.99. The maximum Gasteiger partial charge on any atom is 0.129 e. The molecule has 0 radical (unpaired) electrons. The molecular weight excluding hydrogens is 224 g/mol. The molecule has 0 amide bonds. The number of aryl methyl sites for hydroxylation is 1. The minimum Gasteiger partial charge on any atom is -0.271 e. The molecule has 0 aliphatic carbocycles. The number of benzene rings is 1. The van der Waals surface area contributed by atoms with Gasteiger partial charge in [0.25, 0.3) is 0 Å². The number of rotatable bonds is 2. The van der Waals surface area contributed by atoms with Gasteiger partial charge in [0.05, 0.1) is 12.1 Å². The van der Waals surface area contributed by atoms with E-state index in [9.17, 15) is 0 Å². The van der Waals surface area contributed by atoms with E-state index in [1.807, 2.05) is 22.9 Å². The Hall–Kier alpha value is -1.53. The lowest BCUT2D eigenvalue weighted by atomic mass is 10.3. The summed E-state index contributed by atoms with van der Waals surface area (Å²) >= 11 is 0. The van der Waals surface area contributed by atoms with Gasteiger partial charge in [0.2, 0.25) is 0 Å². The van der Waals surface area contributed by atoms with Crippen LogP contribution in [0, 0.1) is 11.5 Å². The lowest BCUT2D eigenvalue weighted by Gasteiger charge is -2.03. The zero-order valence-electron chi connectivity index (χ0n) is 10.7. The zero-order chi connectivity index (χ0) is 12.3. The summed E-state index contributed by atoms with van der Waals surface area (Å²) in [4.78, 5) is 0. The van der Waals surface area contributed by atoms with Gasteiger partial charge in [-0.3, -0.25) is 4.68 Å². The fraction of sp³-hybridized carbons (Fsp3) is 0.357. The van der Waals surface area contributed by atoms with Gasteiger partial charge < -0.3 is 0 Å². The Morgan fingerprint density at radius 1 is 1.24 bits per heavy atom. The average Bonchev–Trinajstić information content (AvgIpc) is 2.65. The highest BCUT2D eigenvalue weighted by Crippen LogP contribution is 2.10. The minimum absolute atomic E-state index is 0.881. The first-order chi connectivity index (χ1) is 8.04. The quantitative estimate of drug-likeness (QED) is 0.583. The Kier molecular flexibility index (Phi) is 3.35. The van der Waals surface area contributed by atoms with Crippen molar-refractivity contribution in [3.8, 4) is 11.5 Å². The van der Waals surface area contributed by atoms with Crippen molar-refractivity contribution in [2.75, 3.05) is 0 Å². The molecule has 2 nitrogen and oxygen atoms in total. The molecule has 0 aliphatic heterocycles. The highest BCUT2D eigenvalue weighted by Gasteiger charge is 2.07. The van der Waals surface area contributed by atoms with E-state index in [1.165, 1.54) is 5.39 Å². The van der Waals surface area contributed by atoms with Gasteiger partial charge in [-0.25, -0.2) is 0 Å². The molecule has 0 spiro atoms. The van der Waals surface area contributed by atoms with Crippen molar-refractivity contribution in [3.05, 3.63) is 30.5 Å². The SMILES string of the molecule is C[Si](C)(C)C#CCCn1cc2ccccc2n1. The Balaban J connectivity index is 2.02. The minimum atomic E-state index is -1.22. The molecule has 1 aromatic heterocycles. The van der Waals surface area contributed by atoms with E-state index in [0.29, 0.717) is 0 Å². The first-order valence-corrected chi connectivity index (χ1v) is 9.47. The lowest BCUT2D eigenvalue weighted by molar-refractivity contribution is 0.637. The van der Waals surface area contributed by atoms with Gasteiger partial charge in [0.1, 0.15) is 8.07 Å². The largest absolute Gasteiger partial charge is 0.271 e. The summed E-state index contributed by atoms with van der Waals surface area (Å²) in [5.74, 6) is 3.27. The Bertz CT molecular complexity index is 534. The highest BCUT2D eigenvalue weighted by molar-refractivity contribution is 6.83. The van der Waals surface area contributed by atoms with E-state index in [0.717, 1.165) is 18.5 Å². The molecule has 2 rings (SSSR count). The summed E-state index contributed by atoms with van der Waals surface area (Å²) in [6, 6.07) is 8.19. The Morgan fingerprint density at radius 2 is 2.00 bits per heavy atom. The Labute approximate surface area is 104 Å². The molecule has 17 heavy (non-hydrogen) atoms. The van der Waals surface area contributed by atoms with E-state index >= 15 is 0 Å². The molecule has 0 unspecified atom stereocenters. The number of fused-ring (bicyclic) bond motifs is 1. The number of hydrogen-bond acceptors (Lipinski definition) is 1. The predicted molar refractivity (Wildman–Crippen MR) is 75.5 cm³/mol. The topological polar surface area (TPSA) is 17.8 Å². The van der Waals surface area contributed by atoms with Crippen LogP contribution in [0.5, 0.6) is 0 Å². The van der Waals surface area contributed by atoms with Crippen LogP contribution < -0.4 is 0 Å². The lowest BCUT2D eigenvalue weighted by Crippen LogP contribution is -2.16. The van der Waals surface area contributed by atoms with E-state index in [1.54, 1.807) is 0 Å². The maximum absolute atomic E-state index is 4.51. The van der Waals surface area contributed by atoms with Crippen LogP contribution in [0.3, 0.4) is 0 Å². The molecule has 1 aromatic carbocycles. The van der Waals surface area contributed by atoms with Crippen molar-refractivity contribution < 1.29 is 0 Å². The van der Waals surface area contributed by atoms with E-state index in [4.69, 9.17) is 0 Å². The highest BCUT2D eigenvalue weighted by atomic mass is 28.3. The molecular formula is C14H18N2Si. The van der Waals surface area contributed by atoms with Crippen molar-refractivity contribution in [3.63, 3.8) is 0 Å². The van der Waals surface area contributed by atoms with Crippen molar-refractivity contribution in [2.45, 2.75) is 32.6 Å². The summed E-state index contributed by atoms with van der Waals surface area (Å²) in [7, 11) is -1.22. The first-order valence-electron chi connectivity index (χ1n) is 5.97. The molecule has 0 saturated carbocycles. The molecule has 0 aliphatic rings. The van der Waals surface area contributed by atoms with Crippen LogP contribution >= 0.6 is 0 Å². The third-order valence-electron chi connectivity index (χ3n) is 2.39. The van der Waals surface area contributed by atoms with E-state index in [-0.39, 0.29) is 0 Å². The maximum atomic E-state index is 4.51. The summed E-state index contributed by atoms with van der Waals surface area (Å²) in [5, 5.41) is 5.71. The smallest absolute Gasteiger partial charge is 0.129 e.